The monoisotopic (exact) mass is 282 g/mol. The summed E-state index contributed by atoms with van der Waals surface area (Å²) in [5, 5.41) is 9.46. The van der Waals surface area contributed by atoms with Crippen molar-refractivity contribution < 1.29 is 9.90 Å². The van der Waals surface area contributed by atoms with Crippen molar-refractivity contribution in [1.29, 1.82) is 0 Å². The van der Waals surface area contributed by atoms with Crippen LogP contribution in [0.2, 0.25) is 0 Å². The van der Waals surface area contributed by atoms with E-state index in [2.05, 4.69) is 6.07 Å². The first-order chi connectivity index (χ1) is 10.1. The number of hydrogen-bond acceptors (Lipinski definition) is 3. The van der Waals surface area contributed by atoms with Gasteiger partial charge in [-0.2, -0.15) is 0 Å². The van der Waals surface area contributed by atoms with E-state index in [1.54, 1.807) is 18.2 Å². The lowest BCUT2D eigenvalue weighted by atomic mass is 9.97. The molecule has 0 atom stereocenters. The molecule has 0 bridgehead atoms. The predicted molar refractivity (Wildman–Crippen MR) is 81.8 cm³/mol. The first-order valence-electron chi connectivity index (χ1n) is 7.05. The molecule has 0 saturated heterocycles. The van der Waals surface area contributed by atoms with Crippen LogP contribution >= 0.6 is 0 Å². The summed E-state index contributed by atoms with van der Waals surface area (Å²) >= 11 is 0. The molecule has 1 amide bonds. The van der Waals surface area contributed by atoms with Gasteiger partial charge >= 0.3 is 0 Å². The average Bonchev–Trinajstić information content (AvgIpc) is 2.47. The number of phenolic OH excluding ortho intramolecular Hbond substituents is 1. The Morgan fingerprint density at radius 3 is 2.86 bits per heavy atom. The fraction of sp³-hybridized carbons (Fsp3) is 0.235. The van der Waals surface area contributed by atoms with E-state index in [4.69, 9.17) is 5.73 Å². The number of carbonyl (C=O) groups is 1. The van der Waals surface area contributed by atoms with E-state index in [0.717, 1.165) is 23.2 Å². The predicted octanol–water partition coefficient (Wildman–Crippen LogP) is 2.10. The molecule has 0 aromatic heterocycles. The maximum absolute atomic E-state index is 12.4. The molecule has 3 rings (SSSR count). The molecule has 0 spiro atoms. The molecule has 1 aliphatic rings. The Bertz CT molecular complexity index is 682. The lowest BCUT2D eigenvalue weighted by molar-refractivity contribution is -0.131. The smallest absolute Gasteiger partial charge is 0.227 e. The van der Waals surface area contributed by atoms with E-state index < -0.39 is 0 Å². The van der Waals surface area contributed by atoms with Gasteiger partial charge in [0.15, 0.2) is 0 Å². The SMILES string of the molecule is Nc1cccc2c1CN(C(=O)Cc1cccc(O)c1)CC2. The van der Waals surface area contributed by atoms with E-state index >= 15 is 0 Å². The number of nitrogen functional groups attached to an aromatic ring is 1. The molecule has 21 heavy (non-hydrogen) atoms. The second kappa shape index (κ2) is 5.48. The number of phenols is 1. The third kappa shape index (κ3) is 2.84. The standard InChI is InChI=1S/C17H18N2O2/c18-16-6-2-4-13-7-8-19(11-15(13)16)17(21)10-12-3-1-5-14(20)9-12/h1-6,9,20H,7-8,10-11,18H2. The van der Waals surface area contributed by atoms with Crippen molar-refractivity contribution in [3.8, 4) is 5.75 Å². The molecule has 4 nitrogen and oxygen atoms in total. The Balaban J connectivity index is 1.74. The molecule has 108 valence electrons. The fourth-order valence-electron chi connectivity index (χ4n) is 2.77. The molecular weight excluding hydrogens is 264 g/mol. The molecule has 0 saturated carbocycles. The van der Waals surface area contributed by atoms with E-state index in [0.29, 0.717) is 19.5 Å². The highest BCUT2D eigenvalue weighted by atomic mass is 16.3. The minimum atomic E-state index is 0.0644. The number of carbonyl (C=O) groups excluding carboxylic acids is 1. The number of hydrogen-bond donors (Lipinski definition) is 2. The second-order valence-corrected chi connectivity index (χ2v) is 5.40. The molecule has 0 unspecified atom stereocenters. The highest BCUT2D eigenvalue weighted by Crippen LogP contribution is 2.24. The summed E-state index contributed by atoms with van der Waals surface area (Å²) in [5.74, 6) is 0.253. The molecular formula is C17H18N2O2. The van der Waals surface area contributed by atoms with Crippen molar-refractivity contribution in [3.63, 3.8) is 0 Å². The Morgan fingerprint density at radius 1 is 1.24 bits per heavy atom. The normalized spacial score (nSPS) is 13.8. The van der Waals surface area contributed by atoms with Gasteiger partial charge in [0.05, 0.1) is 6.42 Å². The first-order valence-corrected chi connectivity index (χ1v) is 7.05. The number of aromatic hydroxyl groups is 1. The number of anilines is 1. The van der Waals surface area contributed by atoms with Gasteiger partial charge in [-0.3, -0.25) is 4.79 Å². The Kier molecular flexibility index (Phi) is 3.52. The molecule has 1 aliphatic heterocycles. The van der Waals surface area contributed by atoms with Crippen LogP contribution in [0.15, 0.2) is 42.5 Å². The zero-order valence-corrected chi connectivity index (χ0v) is 11.7. The summed E-state index contributed by atoms with van der Waals surface area (Å²) in [5.41, 5.74) is 9.88. The van der Waals surface area contributed by atoms with Crippen LogP contribution in [0.5, 0.6) is 5.75 Å². The first kappa shape index (κ1) is 13.5. The minimum Gasteiger partial charge on any atom is -0.508 e. The number of fused-ring (bicyclic) bond motifs is 1. The summed E-state index contributed by atoms with van der Waals surface area (Å²) in [4.78, 5) is 14.2. The van der Waals surface area contributed by atoms with Crippen molar-refractivity contribution in [2.24, 2.45) is 0 Å². The van der Waals surface area contributed by atoms with Crippen LogP contribution in [0.4, 0.5) is 5.69 Å². The van der Waals surface area contributed by atoms with Gasteiger partial charge in [0.1, 0.15) is 5.75 Å². The van der Waals surface area contributed by atoms with Gasteiger partial charge in [-0.1, -0.05) is 24.3 Å². The van der Waals surface area contributed by atoms with Crippen molar-refractivity contribution in [3.05, 3.63) is 59.2 Å². The van der Waals surface area contributed by atoms with Crippen molar-refractivity contribution in [2.45, 2.75) is 19.4 Å². The highest BCUT2D eigenvalue weighted by Gasteiger charge is 2.22. The van der Waals surface area contributed by atoms with E-state index in [1.165, 1.54) is 5.56 Å². The third-order valence-corrected chi connectivity index (χ3v) is 3.93. The minimum absolute atomic E-state index is 0.0644. The average molecular weight is 282 g/mol. The van der Waals surface area contributed by atoms with Crippen LogP contribution in [-0.2, 0) is 24.2 Å². The van der Waals surface area contributed by atoms with Crippen LogP contribution in [0.3, 0.4) is 0 Å². The van der Waals surface area contributed by atoms with E-state index in [9.17, 15) is 9.90 Å². The quantitative estimate of drug-likeness (QED) is 0.829. The van der Waals surface area contributed by atoms with Crippen molar-refractivity contribution in [2.75, 3.05) is 12.3 Å². The summed E-state index contributed by atoms with van der Waals surface area (Å²) in [7, 11) is 0. The van der Waals surface area contributed by atoms with E-state index in [1.807, 2.05) is 23.1 Å². The molecule has 0 radical (unpaired) electrons. The zero-order valence-electron chi connectivity index (χ0n) is 11.7. The fourth-order valence-corrected chi connectivity index (χ4v) is 2.77. The topological polar surface area (TPSA) is 66.6 Å². The number of nitrogens with two attached hydrogens (primary N) is 1. The molecule has 0 fully saturated rings. The third-order valence-electron chi connectivity index (χ3n) is 3.93. The van der Waals surface area contributed by atoms with Crippen LogP contribution in [0.25, 0.3) is 0 Å². The van der Waals surface area contributed by atoms with Crippen LogP contribution in [0.1, 0.15) is 16.7 Å². The summed E-state index contributed by atoms with van der Waals surface area (Å²) in [6.07, 6.45) is 1.14. The molecule has 4 heteroatoms. The molecule has 3 N–H and O–H groups in total. The van der Waals surface area contributed by atoms with Crippen LogP contribution in [0, 0.1) is 0 Å². The summed E-state index contributed by atoms with van der Waals surface area (Å²) < 4.78 is 0. The lowest BCUT2D eigenvalue weighted by Crippen LogP contribution is -2.37. The van der Waals surface area contributed by atoms with Gasteiger partial charge < -0.3 is 15.7 Å². The van der Waals surface area contributed by atoms with Gasteiger partial charge in [0, 0.05) is 18.8 Å². The second-order valence-electron chi connectivity index (χ2n) is 5.40. The largest absolute Gasteiger partial charge is 0.508 e. The maximum atomic E-state index is 12.4. The van der Waals surface area contributed by atoms with Gasteiger partial charge in [-0.15, -0.1) is 0 Å². The highest BCUT2D eigenvalue weighted by molar-refractivity contribution is 5.79. The molecule has 2 aromatic carbocycles. The number of nitrogens with zero attached hydrogens (tertiary/aromatic N) is 1. The summed E-state index contributed by atoms with van der Waals surface area (Å²) in [6, 6.07) is 12.7. The Hall–Kier alpha value is -2.49. The number of amides is 1. The number of rotatable bonds is 2. The zero-order chi connectivity index (χ0) is 14.8. The van der Waals surface area contributed by atoms with Crippen molar-refractivity contribution in [1.82, 2.24) is 4.90 Å². The molecule has 1 heterocycles. The van der Waals surface area contributed by atoms with E-state index in [-0.39, 0.29) is 11.7 Å². The Labute approximate surface area is 123 Å². The molecule has 2 aromatic rings. The summed E-state index contributed by atoms with van der Waals surface area (Å²) in [6.45, 7) is 1.29. The van der Waals surface area contributed by atoms with Gasteiger partial charge in [-0.25, -0.2) is 0 Å². The van der Waals surface area contributed by atoms with Gasteiger partial charge in [0.2, 0.25) is 5.91 Å². The lowest BCUT2D eigenvalue weighted by Gasteiger charge is -2.29. The number of benzene rings is 2. The van der Waals surface area contributed by atoms with Gasteiger partial charge in [0.25, 0.3) is 0 Å². The maximum Gasteiger partial charge on any atom is 0.227 e. The van der Waals surface area contributed by atoms with Gasteiger partial charge in [-0.05, 0) is 41.3 Å². The van der Waals surface area contributed by atoms with Crippen LogP contribution < -0.4 is 5.73 Å². The van der Waals surface area contributed by atoms with Crippen molar-refractivity contribution >= 4 is 11.6 Å². The molecule has 0 aliphatic carbocycles. The van der Waals surface area contributed by atoms with Crippen LogP contribution in [-0.4, -0.2) is 22.5 Å². The Morgan fingerprint density at radius 2 is 2.05 bits per heavy atom.